The summed E-state index contributed by atoms with van der Waals surface area (Å²) in [6.07, 6.45) is 1.77. The van der Waals surface area contributed by atoms with Gasteiger partial charge in [-0.25, -0.2) is 4.79 Å². The van der Waals surface area contributed by atoms with Gasteiger partial charge in [0.1, 0.15) is 0 Å². The fraction of sp³-hybridized carbons (Fsp3) is 0.800. The molecular weight excluding hydrogens is 196 g/mol. The topological polar surface area (TPSA) is 69.6 Å². The maximum absolute atomic E-state index is 11.5. The van der Waals surface area contributed by atoms with E-state index >= 15 is 0 Å². The maximum atomic E-state index is 11.5. The minimum Gasteiger partial charge on any atom is -0.481 e. The summed E-state index contributed by atoms with van der Waals surface area (Å²) < 4.78 is 0. The molecule has 88 valence electrons. The predicted molar refractivity (Wildman–Crippen MR) is 57.8 cm³/mol. The number of hydrogen-bond acceptors (Lipinski definition) is 2. The van der Waals surface area contributed by atoms with Crippen molar-refractivity contribution >= 4 is 12.0 Å². The van der Waals surface area contributed by atoms with Crippen molar-refractivity contribution < 1.29 is 14.7 Å². The van der Waals surface area contributed by atoms with Crippen LogP contribution >= 0.6 is 0 Å². The first-order valence-corrected chi connectivity index (χ1v) is 5.25. The first-order chi connectivity index (χ1) is 7.02. The van der Waals surface area contributed by atoms with Crippen molar-refractivity contribution in [3.05, 3.63) is 0 Å². The molecule has 0 spiro atoms. The number of carboxylic acid groups (broad SMARTS) is 1. The molecule has 0 saturated heterocycles. The molecule has 0 aromatic rings. The normalized spacial score (nSPS) is 10.1. The van der Waals surface area contributed by atoms with E-state index in [4.69, 9.17) is 5.11 Å². The SMILES string of the molecule is CCC(CC)N(C)C(=O)NCCC(=O)O. The summed E-state index contributed by atoms with van der Waals surface area (Å²) in [7, 11) is 1.73. The Morgan fingerprint density at radius 2 is 1.87 bits per heavy atom. The van der Waals surface area contributed by atoms with Gasteiger partial charge in [-0.2, -0.15) is 0 Å². The molecular formula is C10H20N2O3. The van der Waals surface area contributed by atoms with Crippen LogP contribution in [0.3, 0.4) is 0 Å². The second-order valence-electron chi connectivity index (χ2n) is 3.46. The van der Waals surface area contributed by atoms with Crippen molar-refractivity contribution in [1.29, 1.82) is 0 Å². The third kappa shape index (κ3) is 5.24. The van der Waals surface area contributed by atoms with Gasteiger partial charge in [-0.15, -0.1) is 0 Å². The molecule has 15 heavy (non-hydrogen) atoms. The lowest BCUT2D eigenvalue weighted by Crippen LogP contribution is -2.43. The van der Waals surface area contributed by atoms with E-state index in [1.54, 1.807) is 11.9 Å². The van der Waals surface area contributed by atoms with Crippen molar-refractivity contribution in [2.75, 3.05) is 13.6 Å². The lowest BCUT2D eigenvalue weighted by Gasteiger charge is -2.26. The van der Waals surface area contributed by atoms with Crippen LogP contribution in [-0.4, -0.2) is 41.6 Å². The van der Waals surface area contributed by atoms with Crippen LogP contribution in [0.2, 0.25) is 0 Å². The minimum atomic E-state index is -0.902. The quantitative estimate of drug-likeness (QED) is 0.703. The number of carbonyl (C=O) groups excluding carboxylic acids is 1. The molecule has 0 radical (unpaired) electrons. The summed E-state index contributed by atoms with van der Waals surface area (Å²) in [6.45, 7) is 4.23. The zero-order valence-electron chi connectivity index (χ0n) is 9.62. The van der Waals surface area contributed by atoms with E-state index in [1.165, 1.54) is 0 Å². The van der Waals surface area contributed by atoms with Crippen molar-refractivity contribution in [3.63, 3.8) is 0 Å². The molecule has 0 aromatic heterocycles. The number of hydrogen-bond donors (Lipinski definition) is 2. The van der Waals surface area contributed by atoms with Gasteiger partial charge in [0.05, 0.1) is 6.42 Å². The molecule has 0 aliphatic carbocycles. The largest absolute Gasteiger partial charge is 0.481 e. The first-order valence-electron chi connectivity index (χ1n) is 5.25. The molecule has 5 nitrogen and oxygen atoms in total. The van der Waals surface area contributed by atoms with E-state index in [2.05, 4.69) is 5.32 Å². The van der Waals surface area contributed by atoms with Crippen LogP contribution in [0.4, 0.5) is 4.79 Å². The summed E-state index contributed by atoms with van der Waals surface area (Å²) >= 11 is 0. The third-order valence-corrected chi connectivity index (χ3v) is 2.43. The highest BCUT2D eigenvalue weighted by Crippen LogP contribution is 2.05. The molecule has 0 rings (SSSR count). The first kappa shape index (κ1) is 13.7. The number of rotatable bonds is 6. The minimum absolute atomic E-state index is 0.0392. The van der Waals surface area contributed by atoms with Crippen LogP contribution in [0.5, 0.6) is 0 Å². The number of nitrogens with one attached hydrogen (secondary N) is 1. The van der Waals surface area contributed by atoms with Crippen molar-refractivity contribution in [3.8, 4) is 0 Å². The molecule has 2 N–H and O–H groups in total. The fourth-order valence-corrected chi connectivity index (χ4v) is 1.40. The van der Waals surface area contributed by atoms with Crippen LogP contribution in [0, 0.1) is 0 Å². The van der Waals surface area contributed by atoms with Gasteiger partial charge >= 0.3 is 12.0 Å². The lowest BCUT2D eigenvalue weighted by molar-refractivity contribution is -0.136. The molecule has 0 heterocycles. The molecule has 0 bridgehead atoms. The molecule has 5 heteroatoms. The number of aliphatic carboxylic acids is 1. The average molecular weight is 216 g/mol. The van der Waals surface area contributed by atoms with Gasteiger partial charge in [-0.1, -0.05) is 13.8 Å². The number of nitrogens with zero attached hydrogens (tertiary/aromatic N) is 1. The Bertz CT molecular complexity index is 215. The van der Waals surface area contributed by atoms with E-state index in [1.807, 2.05) is 13.8 Å². The van der Waals surface area contributed by atoms with Crippen LogP contribution in [0.15, 0.2) is 0 Å². The monoisotopic (exact) mass is 216 g/mol. The van der Waals surface area contributed by atoms with Crippen LogP contribution in [-0.2, 0) is 4.79 Å². The van der Waals surface area contributed by atoms with Gasteiger partial charge in [0, 0.05) is 19.6 Å². The number of carbonyl (C=O) groups is 2. The Morgan fingerprint density at radius 3 is 2.27 bits per heavy atom. The van der Waals surface area contributed by atoms with E-state index < -0.39 is 5.97 Å². The van der Waals surface area contributed by atoms with Crippen LogP contribution in [0.1, 0.15) is 33.1 Å². The summed E-state index contributed by atoms with van der Waals surface area (Å²) in [4.78, 5) is 23.4. The van der Waals surface area contributed by atoms with E-state index in [9.17, 15) is 9.59 Å². The second kappa shape index (κ2) is 7.09. The van der Waals surface area contributed by atoms with Gasteiger partial charge < -0.3 is 15.3 Å². The third-order valence-electron chi connectivity index (χ3n) is 2.43. The van der Waals surface area contributed by atoms with Gasteiger partial charge in [0.15, 0.2) is 0 Å². The summed E-state index contributed by atoms with van der Waals surface area (Å²) in [6, 6.07) is 0.0137. The number of urea groups is 1. The molecule has 0 fully saturated rings. The lowest BCUT2D eigenvalue weighted by atomic mass is 10.1. The molecule has 0 atom stereocenters. The fourth-order valence-electron chi connectivity index (χ4n) is 1.40. The van der Waals surface area contributed by atoms with E-state index in [0.29, 0.717) is 0 Å². The predicted octanol–water partition coefficient (Wildman–Crippen LogP) is 1.29. The Balaban J connectivity index is 3.92. The van der Waals surface area contributed by atoms with E-state index in [0.717, 1.165) is 12.8 Å². The maximum Gasteiger partial charge on any atom is 0.317 e. The van der Waals surface area contributed by atoms with Crippen LogP contribution in [0.25, 0.3) is 0 Å². The number of carboxylic acids is 1. The van der Waals surface area contributed by atoms with Crippen molar-refractivity contribution in [2.45, 2.75) is 39.2 Å². The molecule has 0 aliphatic heterocycles. The van der Waals surface area contributed by atoms with Gasteiger partial charge in [-0.05, 0) is 12.8 Å². The smallest absolute Gasteiger partial charge is 0.317 e. The molecule has 0 aliphatic rings. The Labute approximate surface area is 90.5 Å². The highest BCUT2D eigenvalue weighted by molar-refractivity contribution is 5.75. The Hall–Kier alpha value is -1.26. The number of amides is 2. The van der Waals surface area contributed by atoms with Gasteiger partial charge in [0.2, 0.25) is 0 Å². The molecule has 0 aromatic carbocycles. The standard InChI is InChI=1S/C10H20N2O3/c1-4-8(5-2)12(3)10(15)11-7-6-9(13)14/h8H,4-7H2,1-3H3,(H,11,15)(H,13,14). The highest BCUT2D eigenvalue weighted by Gasteiger charge is 2.15. The molecule has 0 saturated carbocycles. The molecule has 0 unspecified atom stereocenters. The zero-order chi connectivity index (χ0) is 11.8. The highest BCUT2D eigenvalue weighted by atomic mass is 16.4. The Morgan fingerprint density at radius 1 is 1.33 bits per heavy atom. The average Bonchev–Trinajstić information content (AvgIpc) is 2.18. The van der Waals surface area contributed by atoms with Crippen LogP contribution < -0.4 is 5.32 Å². The molecule has 2 amide bonds. The van der Waals surface area contributed by atoms with Crippen molar-refractivity contribution in [2.24, 2.45) is 0 Å². The second-order valence-corrected chi connectivity index (χ2v) is 3.46. The summed E-state index contributed by atoms with van der Waals surface area (Å²) in [5.41, 5.74) is 0. The Kier molecular flexibility index (Phi) is 6.49. The van der Waals surface area contributed by atoms with E-state index in [-0.39, 0.29) is 25.0 Å². The zero-order valence-corrected chi connectivity index (χ0v) is 9.62. The van der Waals surface area contributed by atoms with Crippen molar-refractivity contribution in [1.82, 2.24) is 10.2 Å². The summed E-state index contributed by atoms with van der Waals surface area (Å²) in [5, 5.41) is 11.0. The van der Waals surface area contributed by atoms with Gasteiger partial charge in [-0.3, -0.25) is 4.79 Å². The van der Waals surface area contributed by atoms with Gasteiger partial charge in [0.25, 0.3) is 0 Å². The summed E-state index contributed by atoms with van der Waals surface area (Å²) in [5.74, 6) is -0.902.